The van der Waals surface area contributed by atoms with E-state index in [9.17, 15) is 4.79 Å². The maximum absolute atomic E-state index is 13.3. The summed E-state index contributed by atoms with van der Waals surface area (Å²) in [5.74, 6) is 0.0450. The summed E-state index contributed by atoms with van der Waals surface area (Å²) in [6, 6.07) is 10.8. The molecule has 24 heavy (non-hydrogen) atoms. The third kappa shape index (κ3) is 2.88. The van der Waals surface area contributed by atoms with E-state index in [0.717, 1.165) is 44.1 Å². The molecule has 2 unspecified atom stereocenters. The van der Waals surface area contributed by atoms with E-state index in [1.807, 2.05) is 18.2 Å². The van der Waals surface area contributed by atoms with Gasteiger partial charge in [0.2, 0.25) is 0 Å². The fraction of sp³-hybridized carbons (Fsp3) is 0.667. The van der Waals surface area contributed by atoms with Crippen molar-refractivity contribution in [3.8, 4) is 0 Å². The quantitative estimate of drug-likeness (QED) is 0.784. The van der Waals surface area contributed by atoms with E-state index >= 15 is 0 Å². The van der Waals surface area contributed by atoms with Crippen LogP contribution in [0.3, 0.4) is 0 Å². The molecule has 3 aliphatic rings. The van der Waals surface area contributed by atoms with Crippen molar-refractivity contribution >= 4 is 5.97 Å². The highest BCUT2D eigenvalue weighted by atomic mass is 16.5. The lowest BCUT2D eigenvalue weighted by molar-refractivity contribution is -0.163. The maximum atomic E-state index is 13.3. The molecule has 130 valence electrons. The average Bonchev–Trinajstić information content (AvgIpc) is 3.14. The van der Waals surface area contributed by atoms with Crippen LogP contribution in [0.4, 0.5) is 0 Å². The van der Waals surface area contributed by atoms with Crippen LogP contribution < -0.4 is 0 Å². The predicted octanol–water partition coefficient (Wildman–Crippen LogP) is 4.06. The van der Waals surface area contributed by atoms with E-state index in [-0.39, 0.29) is 12.1 Å². The predicted molar refractivity (Wildman–Crippen MR) is 94.9 cm³/mol. The van der Waals surface area contributed by atoms with Gasteiger partial charge in [-0.05, 0) is 57.2 Å². The highest BCUT2D eigenvalue weighted by Gasteiger charge is 2.46. The number of piperidine rings is 2. The monoisotopic (exact) mass is 327 g/mol. The largest absolute Gasteiger partial charge is 0.460 e. The van der Waals surface area contributed by atoms with Crippen molar-refractivity contribution < 1.29 is 9.53 Å². The zero-order chi connectivity index (χ0) is 16.4. The molecule has 3 fully saturated rings. The van der Waals surface area contributed by atoms with Crippen molar-refractivity contribution in [2.24, 2.45) is 0 Å². The molecule has 2 heterocycles. The molecule has 1 saturated carbocycles. The summed E-state index contributed by atoms with van der Waals surface area (Å²) in [5.41, 5.74) is 0.766. The minimum Gasteiger partial charge on any atom is -0.460 e. The molecule has 4 rings (SSSR count). The smallest absolute Gasteiger partial charge is 0.316 e. The Morgan fingerprint density at radius 2 is 1.71 bits per heavy atom. The van der Waals surface area contributed by atoms with Gasteiger partial charge in [0, 0.05) is 6.04 Å². The van der Waals surface area contributed by atoms with Gasteiger partial charge in [0.05, 0.1) is 5.41 Å². The third-order valence-corrected chi connectivity index (χ3v) is 6.46. The molecule has 1 aliphatic carbocycles. The molecular weight excluding hydrogens is 298 g/mol. The Hall–Kier alpha value is -1.35. The van der Waals surface area contributed by atoms with Crippen LogP contribution in [-0.2, 0) is 14.9 Å². The van der Waals surface area contributed by atoms with Crippen molar-refractivity contribution in [2.45, 2.75) is 75.3 Å². The van der Waals surface area contributed by atoms with E-state index in [1.165, 1.54) is 32.4 Å². The van der Waals surface area contributed by atoms with Gasteiger partial charge in [-0.15, -0.1) is 0 Å². The summed E-state index contributed by atoms with van der Waals surface area (Å²) in [4.78, 5) is 15.8. The molecule has 0 spiro atoms. The highest BCUT2D eigenvalue weighted by Crippen LogP contribution is 2.43. The molecule has 0 aromatic heterocycles. The second-order valence-electron chi connectivity index (χ2n) is 7.84. The van der Waals surface area contributed by atoms with E-state index in [2.05, 4.69) is 17.0 Å². The first kappa shape index (κ1) is 16.1. The fourth-order valence-electron chi connectivity index (χ4n) is 5.14. The number of esters is 1. The van der Waals surface area contributed by atoms with Gasteiger partial charge in [-0.2, -0.15) is 0 Å². The van der Waals surface area contributed by atoms with Gasteiger partial charge in [0.15, 0.2) is 0 Å². The van der Waals surface area contributed by atoms with Crippen LogP contribution in [0.2, 0.25) is 0 Å². The zero-order valence-corrected chi connectivity index (χ0v) is 14.6. The van der Waals surface area contributed by atoms with E-state index in [1.54, 1.807) is 0 Å². The molecule has 0 radical (unpaired) electrons. The summed E-state index contributed by atoms with van der Waals surface area (Å²) in [7, 11) is 0. The number of carbonyl (C=O) groups excluding carboxylic acids is 1. The van der Waals surface area contributed by atoms with Crippen molar-refractivity contribution in [3.63, 3.8) is 0 Å². The number of fused-ring (bicyclic) bond motifs is 1. The molecule has 2 atom stereocenters. The Kier molecular flexibility index (Phi) is 4.62. The van der Waals surface area contributed by atoms with Crippen molar-refractivity contribution in [3.05, 3.63) is 35.9 Å². The average molecular weight is 327 g/mol. The lowest BCUT2D eigenvalue weighted by Gasteiger charge is -2.44. The van der Waals surface area contributed by atoms with E-state index in [4.69, 9.17) is 4.74 Å². The Balaban J connectivity index is 1.53. The molecule has 0 amide bonds. The SMILES string of the molecule is O=C(OC1CCCN2CCCCC12)C1(c2ccccc2)CCCC1. The summed E-state index contributed by atoms with van der Waals surface area (Å²) >= 11 is 0. The normalized spacial score (nSPS) is 29.8. The molecular formula is C21H29NO2. The molecule has 2 aliphatic heterocycles. The van der Waals surface area contributed by atoms with Crippen LogP contribution in [0.15, 0.2) is 30.3 Å². The number of nitrogens with zero attached hydrogens (tertiary/aromatic N) is 1. The second-order valence-corrected chi connectivity index (χ2v) is 7.84. The van der Waals surface area contributed by atoms with E-state index < -0.39 is 5.41 Å². The number of hydrogen-bond acceptors (Lipinski definition) is 3. The van der Waals surface area contributed by atoms with Crippen molar-refractivity contribution in [2.75, 3.05) is 13.1 Å². The van der Waals surface area contributed by atoms with E-state index in [0.29, 0.717) is 6.04 Å². The summed E-state index contributed by atoms with van der Waals surface area (Å²) < 4.78 is 6.22. The Labute approximate surface area is 145 Å². The van der Waals surface area contributed by atoms with Crippen LogP contribution in [0.5, 0.6) is 0 Å². The van der Waals surface area contributed by atoms with Crippen LogP contribution in [0.25, 0.3) is 0 Å². The molecule has 1 aromatic carbocycles. The molecule has 3 nitrogen and oxygen atoms in total. The summed E-state index contributed by atoms with van der Waals surface area (Å²) in [6.07, 6.45) is 10.2. The lowest BCUT2D eigenvalue weighted by Crippen LogP contribution is -2.53. The number of carbonyl (C=O) groups is 1. The topological polar surface area (TPSA) is 29.5 Å². The molecule has 0 N–H and O–H groups in total. The van der Waals surface area contributed by atoms with Gasteiger partial charge in [-0.1, -0.05) is 49.6 Å². The van der Waals surface area contributed by atoms with Crippen LogP contribution >= 0.6 is 0 Å². The Bertz CT molecular complexity index is 562. The minimum atomic E-state index is -0.391. The first-order chi connectivity index (χ1) is 11.8. The number of rotatable bonds is 3. The maximum Gasteiger partial charge on any atom is 0.316 e. The molecule has 3 heteroatoms. The number of benzene rings is 1. The van der Waals surface area contributed by atoms with Crippen LogP contribution in [0, 0.1) is 0 Å². The zero-order valence-electron chi connectivity index (χ0n) is 14.6. The fourth-order valence-corrected chi connectivity index (χ4v) is 5.14. The van der Waals surface area contributed by atoms with Gasteiger partial charge in [-0.25, -0.2) is 0 Å². The molecule has 2 saturated heterocycles. The Morgan fingerprint density at radius 3 is 2.50 bits per heavy atom. The first-order valence-electron chi connectivity index (χ1n) is 9.80. The van der Waals surface area contributed by atoms with Gasteiger partial charge in [0.1, 0.15) is 6.10 Å². The Morgan fingerprint density at radius 1 is 0.958 bits per heavy atom. The second kappa shape index (κ2) is 6.87. The minimum absolute atomic E-state index is 0.0450. The van der Waals surface area contributed by atoms with Crippen molar-refractivity contribution in [1.82, 2.24) is 4.90 Å². The summed E-state index contributed by atoms with van der Waals surface area (Å²) in [5, 5.41) is 0. The summed E-state index contributed by atoms with van der Waals surface area (Å²) in [6.45, 7) is 2.37. The highest BCUT2D eigenvalue weighted by molar-refractivity contribution is 5.83. The number of hydrogen-bond donors (Lipinski definition) is 0. The first-order valence-corrected chi connectivity index (χ1v) is 9.80. The lowest BCUT2D eigenvalue weighted by atomic mass is 9.78. The third-order valence-electron chi connectivity index (χ3n) is 6.46. The van der Waals surface area contributed by atoms with Gasteiger partial charge in [-0.3, -0.25) is 9.69 Å². The van der Waals surface area contributed by atoms with Gasteiger partial charge < -0.3 is 4.74 Å². The number of ether oxygens (including phenoxy) is 1. The van der Waals surface area contributed by atoms with Crippen molar-refractivity contribution in [1.29, 1.82) is 0 Å². The van der Waals surface area contributed by atoms with Crippen LogP contribution in [0.1, 0.15) is 63.4 Å². The van der Waals surface area contributed by atoms with Gasteiger partial charge in [0.25, 0.3) is 0 Å². The molecule has 1 aromatic rings. The van der Waals surface area contributed by atoms with Gasteiger partial charge >= 0.3 is 5.97 Å². The standard InChI is InChI=1S/C21H29NO2/c23-20(21(13-5-6-14-21)17-9-2-1-3-10-17)24-19-12-8-16-22-15-7-4-11-18(19)22/h1-3,9-10,18-19H,4-8,11-16H2. The molecule has 0 bridgehead atoms. The van der Waals surface area contributed by atoms with Crippen LogP contribution in [-0.4, -0.2) is 36.1 Å².